The maximum absolute atomic E-state index is 15.0. The predicted molar refractivity (Wildman–Crippen MR) is 124 cm³/mol. The molecule has 1 saturated carbocycles. The molecule has 2 aliphatic rings. The molecule has 1 aromatic carbocycles. The Kier molecular flexibility index (Phi) is 6.21. The SMILES string of the molecule is Nc1ncnn2c(-c3cc(C(=O)N[C@@H]4CN(C(=O)C5(O)CCC5)C[C@@H]4F)c(Cl)cc3F)cc(C(F)(F)F)c12. The lowest BCUT2D eigenvalue weighted by Gasteiger charge is -2.37. The summed E-state index contributed by atoms with van der Waals surface area (Å²) in [5.41, 5.74) is 1.12. The van der Waals surface area contributed by atoms with Crippen molar-refractivity contribution in [3.63, 3.8) is 0 Å². The van der Waals surface area contributed by atoms with Gasteiger partial charge in [-0.1, -0.05) is 11.6 Å². The molecule has 0 unspecified atom stereocenters. The van der Waals surface area contributed by atoms with E-state index in [9.17, 15) is 36.6 Å². The van der Waals surface area contributed by atoms with Crippen LogP contribution in [0.3, 0.4) is 0 Å². The minimum Gasteiger partial charge on any atom is -0.382 e. The second-order valence-corrected chi connectivity index (χ2v) is 9.76. The Morgan fingerprint density at radius 2 is 1.92 bits per heavy atom. The average Bonchev–Trinajstić information content (AvgIpc) is 3.39. The number of fused-ring (bicyclic) bond motifs is 1. The zero-order valence-electron chi connectivity index (χ0n) is 19.4. The van der Waals surface area contributed by atoms with Gasteiger partial charge in [0.15, 0.2) is 5.82 Å². The fraction of sp³-hybridized carbons (Fsp3) is 0.391. The van der Waals surface area contributed by atoms with Crippen LogP contribution in [0.15, 0.2) is 24.5 Å². The van der Waals surface area contributed by atoms with E-state index in [4.69, 9.17) is 17.3 Å². The van der Waals surface area contributed by atoms with E-state index in [1.54, 1.807) is 0 Å². The van der Waals surface area contributed by atoms with Crippen LogP contribution in [0.25, 0.3) is 16.8 Å². The Morgan fingerprint density at radius 3 is 2.55 bits per heavy atom. The Morgan fingerprint density at radius 1 is 1.21 bits per heavy atom. The molecule has 1 saturated heterocycles. The van der Waals surface area contributed by atoms with E-state index in [0.29, 0.717) is 12.5 Å². The van der Waals surface area contributed by atoms with Gasteiger partial charge in [0.05, 0.1) is 34.4 Å². The van der Waals surface area contributed by atoms with E-state index in [-0.39, 0.29) is 42.2 Å². The van der Waals surface area contributed by atoms with Gasteiger partial charge >= 0.3 is 6.18 Å². The summed E-state index contributed by atoms with van der Waals surface area (Å²) in [7, 11) is 0. The van der Waals surface area contributed by atoms with Gasteiger partial charge in [-0.05, 0) is 37.5 Å². The number of nitrogens with zero attached hydrogens (tertiary/aromatic N) is 4. The van der Waals surface area contributed by atoms with Crippen molar-refractivity contribution >= 4 is 34.7 Å². The van der Waals surface area contributed by atoms with E-state index in [1.807, 2.05) is 0 Å². The number of rotatable bonds is 4. The molecule has 15 heteroatoms. The quantitative estimate of drug-likeness (QED) is 0.423. The standard InChI is InChI=1S/C23H20ClF5N6O3/c24-13-6-14(25)11(17-5-12(23(27,28)29)18-19(30)31-9-32-35(17)18)4-10(13)20(36)33-16-8-34(7-15(16)26)21(37)22(38)2-1-3-22/h4-6,9,15-16,38H,1-3,7-8H2,(H,33,36)(H2,30,31,32)/t15-,16+/m0/s1. The number of nitrogens with two attached hydrogens (primary N) is 1. The monoisotopic (exact) mass is 558 g/mol. The molecule has 38 heavy (non-hydrogen) atoms. The molecule has 4 N–H and O–H groups in total. The number of aliphatic hydroxyl groups is 1. The van der Waals surface area contributed by atoms with Gasteiger partial charge in [-0.2, -0.15) is 18.3 Å². The van der Waals surface area contributed by atoms with Crippen LogP contribution in [-0.2, 0) is 11.0 Å². The molecule has 5 rings (SSSR count). The number of halogens is 6. The molecule has 2 atom stereocenters. The number of likely N-dealkylation sites (tertiary alicyclic amines) is 1. The third-order valence-corrected chi connectivity index (χ3v) is 7.21. The smallest absolute Gasteiger partial charge is 0.382 e. The van der Waals surface area contributed by atoms with Crippen LogP contribution >= 0.6 is 11.6 Å². The van der Waals surface area contributed by atoms with Crippen LogP contribution < -0.4 is 11.1 Å². The fourth-order valence-corrected chi connectivity index (χ4v) is 4.96. The van der Waals surface area contributed by atoms with Gasteiger partial charge in [0, 0.05) is 12.1 Å². The Bertz CT molecular complexity index is 1460. The summed E-state index contributed by atoms with van der Waals surface area (Å²) in [5, 5.41) is 16.1. The second kappa shape index (κ2) is 9.05. The lowest BCUT2D eigenvalue weighted by Crippen LogP contribution is -2.53. The number of hydrogen-bond donors (Lipinski definition) is 3. The van der Waals surface area contributed by atoms with Crippen LogP contribution in [0, 0.1) is 5.82 Å². The minimum atomic E-state index is -4.88. The van der Waals surface area contributed by atoms with Crippen molar-refractivity contribution < 1.29 is 36.6 Å². The molecule has 1 aliphatic heterocycles. The van der Waals surface area contributed by atoms with Gasteiger partial charge in [-0.15, -0.1) is 0 Å². The zero-order chi connectivity index (χ0) is 27.6. The van der Waals surface area contributed by atoms with Crippen molar-refractivity contribution in [3.05, 3.63) is 46.5 Å². The lowest BCUT2D eigenvalue weighted by atomic mass is 9.79. The Hall–Kier alpha value is -3.52. The first kappa shape index (κ1) is 26.1. The number of carbonyl (C=O) groups excluding carboxylic acids is 2. The van der Waals surface area contributed by atoms with Crippen LogP contribution in [0.4, 0.5) is 27.8 Å². The molecule has 0 spiro atoms. The number of nitrogens with one attached hydrogen (secondary N) is 1. The van der Waals surface area contributed by atoms with Crippen molar-refractivity contribution in [2.24, 2.45) is 0 Å². The van der Waals surface area contributed by atoms with Crippen LogP contribution in [-0.4, -0.2) is 67.3 Å². The number of amides is 2. The summed E-state index contributed by atoms with van der Waals surface area (Å²) in [6.07, 6.45) is -4.44. The van der Waals surface area contributed by atoms with Crippen LogP contribution in [0.2, 0.25) is 5.02 Å². The highest BCUT2D eigenvalue weighted by atomic mass is 35.5. The van der Waals surface area contributed by atoms with Gasteiger partial charge in [-0.25, -0.2) is 18.3 Å². The molecule has 2 fully saturated rings. The van der Waals surface area contributed by atoms with Crippen molar-refractivity contribution in [1.82, 2.24) is 24.8 Å². The van der Waals surface area contributed by atoms with Gasteiger partial charge < -0.3 is 21.1 Å². The molecule has 3 heterocycles. The lowest BCUT2D eigenvalue weighted by molar-refractivity contribution is -0.159. The van der Waals surface area contributed by atoms with Crippen molar-refractivity contribution in [3.8, 4) is 11.3 Å². The molecule has 9 nitrogen and oxygen atoms in total. The van der Waals surface area contributed by atoms with E-state index >= 15 is 0 Å². The Balaban J connectivity index is 1.46. The number of nitrogen functional groups attached to an aromatic ring is 1. The van der Waals surface area contributed by atoms with Gasteiger partial charge in [-0.3, -0.25) is 9.59 Å². The average molecular weight is 559 g/mol. The third kappa shape index (κ3) is 4.30. The molecule has 2 amide bonds. The summed E-state index contributed by atoms with van der Waals surface area (Å²) < 4.78 is 71.4. The van der Waals surface area contributed by atoms with Crippen LogP contribution in [0.1, 0.15) is 35.2 Å². The molecule has 1 aliphatic carbocycles. The molecule has 3 aromatic rings. The molecular weight excluding hydrogens is 539 g/mol. The van der Waals surface area contributed by atoms with E-state index in [0.717, 1.165) is 27.9 Å². The number of anilines is 1. The second-order valence-electron chi connectivity index (χ2n) is 9.35. The van der Waals surface area contributed by atoms with Gasteiger partial charge in [0.2, 0.25) is 0 Å². The number of carbonyl (C=O) groups is 2. The highest BCUT2D eigenvalue weighted by Gasteiger charge is 2.48. The van der Waals surface area contributed by atoms with E-state index < -0.39 is 64.1 Å². The maximum atomic E-state index is 15.0. The van der Waals surface area contributed by atoms with Crippen LogP contribution in [0.5, 0.6) is 0 Å². The van der Waals surface area contributed by atoms with Crippen molar-refractivity contribution in [1.29, 1.82) is 0 Å². The molecule has 0 bridgehead atoms. The van der Waals surface area contributed by atoms with E-state index in [2.05, 4.69) is 15.4 Å². The van der Waals surface area contributed by atoms with Crippen molar-refractivity contribution in [2.45, 2.75) is 43.3 Å². The first-order chi connectivity index (χ1) is 17.8. The molecule has 2 aromatic heterocycles. The first-order valence-corrected chi connectivity index (χ1v) is 11.8. The minimum absolute atomic E-state index is 0.214. The number of hydrogen-bond acceptors (Lipinski definition) is 6. The van der Waals surface area contributed by atoms with E-state index in [1.165, 1.54) is 0 Å². The summed E-state index contributed by atoms with van der Waals surface area (Å²) in [6.45, 7) is -0.555. The number of aromatic nitrogens is 3. The maximum Gasteiger partial charge on any atom is 0.418 e. The third-order valence-electron chi connectivity index (χ3n) is 6.90. The summed E-state index contributed by atoms with van der Waals surface area (Å²) in [6, 6.07) is 1.14. The molecule has 0 radical (unpaired) electrons. The first-order valence-electron chi connectivity index (χ1n) is 11.5. The summed E-state index contributed by atoms with van der Waals surface area (Å²) >= 11 is 6.07. The molecule has 202 valence electrons. The number of benzene rings is 1. The van der Waals surface area contributed by atoms with Crippen molar-refractivity contribution in [2.75, 3.05) is 18.8 Å². The highest BCUT2D eigenvalue weighted by molar-refractivity contribution is 6.34. The fourth-order valence-electron chi connectivity index (χ4n) is 4.73. The normalized spacial score (nSPS) is 21.0. The number of alkyl halides is 4. The largest absolute Gasteiger partial charge is 0.418 e. The Labute approximate surface area is 216 Å². The predicted octanol–water partition coefficient (Wildman–Crippen LogP) is 2.98. The molecular formula is C23H20ClF5N6O3. The highest BCUT2D eigenvalue weighted by Crippen LogP contribution is 2.40. The topological polar surface area (TPSA) is 126 Å². The zero-order valence-corrected chi connectivity index (χ0v) is 20.2. The van der Waals surface area contributed by atoms with Gasteiger partial charge in [0.1, 0.15) is 29.4 Å². The van der Waals surface area contributed by atoms with Gasteiger partial charge in [0.25, 0.3) is 11.8 Å². The summed E-state index contributed by atoms with van der Waals surface area (Å²) in [5.74, 6) is -3.10. The summed E-state index contributed by atoms with van der Waals surface area (Å²) in [4.78, 5) is 30.2.